The lowest BCUT2D eigenvalue weighted by Crippen LogP contribution is -2.47. The molecule has 8 heteroatoms. The van der Waals surface area contributed by atoms with Gasteiger partial charge in [0.25, 0.3) is 0 Å². The van der Waals surface area contributed by atoms with E-state index in [-0.39, 0.29) is 11.8 Å². The van der Waals surface area contributed by atoms with Crippen molar-refractivity contribution in [2.75, 3.05) is 25.4 Å². The summed E-state index contributed by atoms with van der Waals surface area (Å²) >= 11 is 0. The second kappa shape index (κ2) is 6.33. The van der Waals surface area contributed by atoms with E-state index < -0.39 is 20.0 Å². The lowest BCUT2D eigenvalue weighted by Gasteiger charge is -2.35. The highest BCUT2D eigenvalue weighted by atomic mass is 32.2. The molecule has 25 heavy (non-hydrogen) atoms. The second-order valence-electron chi connectivity index (χ2n) is 7.26. The molecule has 2 aliphatic heterocycles. The van der Waals surface area contributed by atoms with E-state index in [1.165, 1.54) is 22.7 Å². The number of piperidine rings is 1. The zero-order valence-corrected chi connectivity index (χ0v) is 15.8. The molecule has 1 aliphatic carbocycles. The van der Waals surface area contributed by atoms with Crippen molar-refractivity contribution in [2.45, 2.75) is 49.0 Å². The van der Waals surface area contributed by atoms with Crippen molar-refractivity contribution in [3.8, 4) is 0 Å². The van der Waals surface area contributed by atoms with Crippen LogP contribution in [-0.4, -0.2) is 56.9 Å². The Bertz CT molecular complexity index is 837. The monoisotopic (exact) mass is 384 g/mol. The van der Waals surface area contributed by atoms with Crippen LogP contribution in [0, 0.1) is 0 Å². The summed E-state index contributed by atoms with van der Waals surface area (Å²) in [6.45, 7) is 1.33. The van der Waals surface area contributed by atoms with Gasteiger partial charge in [-0.25, -0.2) is 16.8 Å². The predicted octanol–water partition coefficient (Wildman–Crippen LogP) is 1.75. The molecule has 1 aromatic carbocycles. The van der Waals surface area contributed by atoms with Crippen LogP contribution < -0.4 is 0 Å². The minimum absolute atomic E-state index is 0.0591. The smallest absolute Gasteiger partial charge is 0.212 e. The largest absolute Gasteiger partial charge is 0.243 e. The zero-order valence-electron chi connectivity index (χ0n) is 14.2. The van der Waals surface area contributed by atoms with Gasteiger partial charge in [0, 0.05) is 25.7 Å². The topological polar surface area (TPSA) is 74.8 Å². The second-order valence-corrected chi connectivity index (χ2v) is 11.2. The van der Waals surface area contributed by atoms with Crippen molar-refractivity contribution >= 4 is 20.0 Å². The molecule has 0 bridgehead atoms. The van der Waals surface area contributed by atoms with Gasteiger partial charge < -0.3 is 0 Å². The third-order valence-electron chi connectivity index (χ3n) is 5.54. The van der Waals surface area contributed by atoms with Gasteiger partial charge in [-0.15, -0.1) is 0 Å². The van der Waals surface area contributed by atoms with Crippen molar-refractivity contribution in [1.29, 1.82) is 0 Å². The van der Waals surface area contributed by atoms with E-state index in [0.717, 1.165) is 0 Å². The molecular weight excluding hydrogens is 360 g/mol. The Morgan fingerprint density at radius 1 is 0.920 bits per heavy atom. The lowest BCUT2D eigenvalue weighted by atomic mass is 10.1. The van der Waals surface area contributed by atoms with Gasteiger partial charge in [-0.05, 0) is 55.7 Å². The van der Waals surface area contributed by atoms with Gasteiger partial charge in [0.15, 0.2) is 0 Å². The van der Waals surface area contributed by atoms with Crippen LogP contribution in [0.15, 0.2) is 29.2 Å². The highest BCUT2D eigenvalue weighted by molar-refractivity contribution is 7.89. The Hall–Kier alpha value is -0.960. The maximum absolute atomic E-state index is 12.8. The molecule has 4 rings (SSSR count). The van der Waals surface area contributed by atoms with Crippen LogP contribution in [0.4, 0.5) is 0 Å². The highest BCUT2D eigenvalue weighted by Crippen LogP contribution is 2.40. The molecule has 2 saturated heterocycles. The molecule has 0 spiro atoms. The van der Waals surface area contributed by atoms with Crippen LogP contribution in [-0.2, 0) is 20.0 Å². The van der Waals surface area contributed by atoms with E-state index in [1.54, 1.807) is 16.4 Å². The quantitative estimate of drug-likeness (QED) is 0.793. The van der Waals surface area contributed by atoms with E-state index in [0.29, 0.717) is 49.7 Å². The highest BCUT2D eigenvalue weighted by Gasteiger charge is 2.38. The molecule has 0 radical (unpaired) electrons. The number of sulfonamides is 2. The molecule has 3 fully saturated rings. The average Bonchev–Trinajstić information content (AvgIpc) is 3.38. The molecule has 6 nitrogen and oxygen atoms in total. The maximum Gasteiger partial charge on any atom is 0.243 e. The Morgan fingerprint density at radius 3 is 2.08 bits per heavy atom. The van der Waals surface area contributed by atoms with E-state index in [1.807, 2.05) is 12.1 Å². The van der Waals surface area contributed by atoms with E-state index in [4.69, 9.17) is 0 Å². The number of benzene rings is 1. The first kappa shape index (κ1) is 17.5. The summed E-state index contributed by atoms with van der Waals surface area (Å²) in [6, 6.07) is 7.21. The molecule has 1 aromatic rings. The van der Waals surface area contributed by atoms with E-state index in [2.05, 4.69) is 0 Å². The molecule has 0 atom stereocenters. The lowest BCUT2D eigenvalue weighted by molar-refractivity contribution is 0.226. The Morgan fingerprint density at radius 2 is 1.56 bits per heavy atom. The first-order valence-electron chi connectivity index (χ1n) is 8.97. The van der Waals surface area contributed by atoms with Gasteiger partial charge >= 0.3 is 0 Å². The Labute approximate surface area is 149 Å². The molecule has 138 valence electrons. The van der Waals surface area contributed by atoms with Gasteiger partial charge in [-0.2, -0.15) is 8.61 Å². The van der Waals surface area contributed by atoms with Crippen LogP contribution in [0.25, 0.3) is 0 Å². The number of hydrogen-bond donors (Lipinski definition) is 0. The first-order chi connectivity index (χ1) is 11.9. The van der Waals surface area contributed by atoms with Crippen LogP contribution in [0.3, 0.4) is 0 Å². The minimum atomic E-state index is -3.49. The molecule has 0 aromatic heterocycles. The average molecular weight is 385 g/mol. The standard InChI is InChI=1S/C17H24N2O4S2/c20-24(21)13-1-10-19(24)16-8-11-18(12-9-16)25(22,23)17-6-4-15(5-7-17)14-2-3-14/h4-7,14,16H,1-3,8-13H2. The van der Waals surface area contributed by atoms with Crippen LogP contribution >= 0.6 is 0 Å². The van der Waals surface area contributed by atoms with Gasteiger partial charge in [0.2, 0.25) is 20.0 Å². The molecule has 0 N–H and O–H groups in total. The zero-order chi connectivity index (χ0) is 17.7. The van der Waals surface area contributed by atoms with Crippen molar-refractivity contribution in [3.05, 3.63) is 29.8 Å². The summed E-state index contributed by atoms with van der Waals surface area (Å²) < 4.78 is 52.8. The van der Waals surface area contributed by atoms with Gasteiger partial charge in [0.05, 0.1) is 10.6 Å². The van der Waals surface area contributed by atoms with Crippen molar-refractivity contribution in [2.24, 2.45) is 0 Å². The molecule has 1 saturated carbocycles. The Balaban J connectivity index is 1.44. The fraction of sp³-hybridized carbons (Fsp3) is 0.647. The summed E-state index contributed by atoms with van der Waals surface area (Å²) in [6.07, 6.45) is 4.20. The summed E-state index contributed by atoms with van der Waals surface area (Å²) in [7, 11) is -6.63. The number of hydrogen-bond acceptors (Lipinski definition) is 4. The number of rotatable bonds is 4. The third-order valence-corrected chi connectivity index (χ3v) is 9.45. The van der Waals surface area contributed by atoms with Gasteiger partial charge in [-0.3, -0.25) is 0 Å². The van der Waals surface area contributed by atoms with Gasteiger partial charge in [-0.1, -0.05) is 12.1 Å². The number of nitrogens with zero attached hydrogens (tertiary/aromatic N) is 2. The molecule has 3 aliphatic rings. The van der Waals surface area contributed by atoms with Gasteiger partial charge in [0.1, 0.15) is 0 Å². The molecule has 0 amide bonds. The first-order valence-corrected chi connectivity index (χ1v) is 12.0. The van der Waals surface area contributed by atoms with Crippen LogP contribution in [0.1, 0.15) is 43.6 Å². The summed E-state index contributed by atoms with van der Waals surface area (Å²) in [5.41, 5.74) is 1.22. The van der Waals surface area contributed by atoms with Crippen LogP contribution in [0.2, 0.25) is 0 Å². The van der Waals surface area contributed by atoms with Crippen molar-refractivity contribution in [1.82, 2.24) is 8.61 Å². The fourth-order valence-electron chi connectivity index (χ4n) is 3.92. The SMILES string of the molecule is O=S1(=O)CCCN1C1CCN(S(=O)(=O)c2ccc(C3CC3)cc2)CC1. The maximum atomic E-state index is 12.8. The van der Waals surface area contributed by atoms with E-state index in [9.17, 15) is 16.8 Å². The van der Waals surface area contributed by atoms with Crippen molar-refractivity contribution < 1.29 is 16.8 Å². The minimum Gasteiger partial charge on any atom is -0.212 e. The summed E-state index contributed by atoms with van der Waals surface area (Å²) in [5.74, 6) is 0.827. The summed E-state index contributed by atoms with van der Waals surface area (Å²) in [4.78, 5) is 0.337. The Kier molecular flexibility index (Phi) is 4.42. The molecule has 2 heterocycles. The normalized spacial score (nSPS) is 26.1. The fourth-order valence-corrected chi connectivity index (χ4v) is 7.19. The predicted molar refractivity (Wildman–Crippen MR) is 95.3 cm³/mol. The molecule has 0 unspecified atom stereocenters. The molecular formula is C17H24N2O4S2. The van der Waals surface area contributed by atoms with E-state index >= 15 is 0 Å². The van der Waals surface area contributed by atoms with Crippen molar-refractivity contribution in [3.63, 3.8) is 0 Å². The third kappa shape index (κ3) is 3.37. The van der Waals surface area contributed by atoms with Crippen LogP contribution in [0.5, 0.6) is 0 Å². The summed E-state index contributed by atoms with van der Waals surface area (Å²) in [5, 5.41) is 0.